The zero-order valence-electron chi connectivity index (χ0n) is 10.4. The molecule has 0 bridgehead atoms. The maximum Gasteiger partial charge on any atom is 0.310 e. The zero-order chi connectivity index (χ0) is 13.5. The SMILES string of the molecule is CCCc1cccc(C(CCC(=O)O)C(=O)O)c1. The van der Waals surface area contributed by atoms with Gasteiger partial charge in [-0.1, -0.05) is 37.6 Å². The molecule has 1 atom stereocenters. The third-order valence-corrected chi connectivity index (χ3v) is 2.84. The van der Waals surface area contributed by atoms with E-state index in [1.807, 2.05) is 18.2 Å². The standard InChI is InChI=1S/C14H18O4/c1-2-4-10-5-3-6-11(9-10)12(14(17)18)7-8-13(15)16/h3,5-6,9,12H,2,4,7-8H2,1H3,(H,15,16)(H,17,18). The summed E-state index contributed by atoms with van der Waals surface area (Å²) in [4.78, 5) is 21.7. The van der Waals surface area contributed by atoms with Gasteiger partial charge < -0.3 is 10.2 Å². The van der Waals surface area contributed by atoms with Crippen LogP contribution >= 0.6 is 0 Å². The highest BCUT2D eigenvalue weighted by atomic mass is 16.4. The number of carboxylic acids is 2. The van der Waals surface area contributed by atoms with E-state index in [-0.39, 0.29) is 12.8 Å². The zero-order valence-corrected chi connectivity index (χ0v) is 10.4. The van der Waals surface area contributed by atoms with E-state index in [0.29, 0.717) is 5.56 Å². The lowest BCUT2D eigenvalue weighted by Crippen LogP contribution is -2.13. The molecule has 2 N–H and O–H groups in total. The van der Waals surface area contributed by atoms with Gasteiger partial charge in [0, 0.05) is 6.42 Å². The third-order valence-electron chi connectivity index (χ3n) is 2.84. The van der Waals surface area contributed by atoms with Gasteiger partial charge in [-0.3, -0.25) is 9.59 Å². The molecule has 98 valence electrons. The van der Waals surface area contributed by atoms with Crippen molar-refractivity contribution in [3.05, 3.63) is 35.4 Å². The van der Waals surface area contributed by atoms with E-state index in [1.54, 1.807) is 6.07 Å². The van der Waals surface area contributed by atoms with Crippen LogP contribution < -0.4 is 0 Å². The van der Waals surface area contributed by atoms with Gasteiger partial charge in [0.2, 0.25) is 0 Å². The Kier molecular flexibility index (Phi) is 5.36. The Morgan fingerprint density at radius 1 is 1.28 bits per heavy atom. The van der Waals surface area contributed by atoms with Crippen molar-refractivity contribution < 1.29 is 19.8 Å². The van der Waals surface area contributed by atoms with Crippen molar-refractivity contribution in [2.75, 3.05) is 0 Å². The molecule has 0 aromatic heterocycles. The van der Waals surface area contributed by atoms with Crippen LogP contribution in [0.5, 0.6) is 0 Å². The van der Waals surface area contributed by atoms with Crippen LogP contribution in [-0.4, -0.2) is 22.2 Å². The topological polar surface area (TPSA) is 74.6 Å². The van der Waals surface area contributed by atoms with Crippen LogP contribution in [-0.2, 0) is 16.0 Å². The Hall–Kier alpha value is -1.84. The Bertz CT molecular complexity index is 426. The fourth-order valence-corrected chi connectivity index (χ4v) is 1.95. The first-order chi connectivity index (χ1) is 8.54. The molecule has 0 fully saturated rings. The molecule has 1 aromatic rings. The highest BCUT2D eigenvalue weighted by Crippen LogP contribution is 2.23. The molecule has 18 heavy (non-hydrogen) atoms. The van der Waals surface area contributed by atoms with Gasteiger partial charge in [0.25, 0.3) is 0 Å². The number of carboxylic acid groups (broad SMARTS) is 2. The van der Waals surface area contributed by atoms with Crippen LogP contribution in [0.1, 0.15) is 43.2 Å². The van der Waals surface area contributed by atoms with Crippen molar-refractivity contribution in [2.45, 2.75) is 38.5 Å². The summed E-state index contributed by atoms with van der Waals surface area (Å²) < 4.78 is 0. The van der Waals surface area contributed by atoms with E-state index < -0.39 is 17.9 Å². The molecule has 1 rings (SSSR count). The summed E-state index contributed by atoms with van der Waals surface area (Å²) in [6, 6.07) is 7.41. The van der Waals surface area contributed by atoms with Gasteiger partial charge in [-0.05, 0) is 24.0 Å². The Balaban J connectivity index is 2.87. The summed E-state index contributed by atoms with van der Waals surface area (Å²) in [5.41, 5.74) is 1.78. The first kappa shape index (κ1) is 14.2. The van der Waals surface area contributed by atoms with E-state index in [4.69, 9.17) is 10.2 Å². The monoisotopic (exact) mass is 250 g/mol. The summed E-state index contributed by atoms with van der Waals surface area (Å²) in [5, 5.41) is 17.8. The molecule has 4 heteroatoms. The first-order valence-electron chi connectivity index (χ1n) is 6.08. The molecular formula is C14H18O4. The predicted molar refractivity (Wildman–Crippen MR) is 67.7 cm³/mol. The number of hydrogen-bond acceptors (Lipinski definition) is 2. The number of benzene rings is 1. The Morgan fingerprint density at radius 3 is 2.56 bits per heavy atom. The second kappa shape index (κ2) is 6.79. The summed E-state index contributed by atoms with van der Waals surface area (Å²) >= 11 is 0. The summed E-state index contributed by atoms with van der Waals surface area (Å²) in [7, 11) is 0. The van der Waals surface area contributed by atoms with Gasteiger partial charge in [0.1, 0.15) is 0 Å². The average molecular weight is 250 g/mol. The van der Waals surface area contributed by atoms with Gasteiger partial charge in [-0.15, -0.1) is 0 Å². The molecule has 1 aromatic carbocycles. The van der Waals surface area contributed by atoms with Gasteiger partial charge in [-0.25, -0.2) is 0 Å². The molecule has 0 aliphatic carbocycles. The minimum absolute atomic E-state index is 0.125. The first-order valence-corrected chi connectivity index (χ1v) is 6.08. The minimum Gasteiger partial charge on any atom is -0.481 e. The molecule has 0 saturated carbocycles. The molecule has 0 saturated heterocycles. The summed E-state index contributed by atoms with van der Waals surface area (Å²) in [5.74, 6) is -2.67. The predicted octanol–water partition coefficient (Wildman–Crippen LogP) is 2.67. The molecule has 0 aliphatic heterocycles. The lowest BCUT2D eigenvalue weighted by atomic mass is 9.92. The van der Waals surface area contributed by atoms with Crippen LogP contribution in [0.25, 0.3) is 0 Å². The lowest BCUT2D eigenvalue weighted by Gasteiger charge is -2.12. The van der Waals surface area contributed by atoms with Crippen LogP contribution in [0.3, 0.4) is 0 Å². The maximum absolute atomic E-state index is 11.2. The highest BCUT2D eigenvalue weighted by molar-refractivity contribution is 5.77. The number of aryl methyl sites for hydroxylation is 1. The van der Waals surface area contributed by atoms with Crippen LogP contribution in [0.15, 0.2) is 24.3 Å². The summed E-state index contributed by atoms with van der Waals surface area (Å²) in [6.45, 7) is 2.06. The van der Waals surface area contributed by atoms with Gasteiger partial charge in [-0.2, -0.15) is 0 Å². The molecule has 4 nitrogen and oxygen atoms in total. The van der Waals surface area contributed by atoms with Crippen molar-refractivity contribution in [2.24, 2.45) is 0 Å². The normalized spacial score (nSPS) is 12.1. The van der Waals surface area contributed by atoms with Crippen molar-refractivity contribution in [1.82, 2.24) is 0 Å². The quantitative estimate of drug-likeness (QED) is 0.780. The van der Waals surface area contributed by atoms with Crippen molar-refractivity contribution >= 4 is 11.9 Å². The molecule has 0 heterocycles. The van der Waals surface area contributed by atoms with Gasteiger partial charge in [0.05, 0.1) is 5.92 Å². The fourth-order valence-electron chi connectivity index (χ4n) is 1.95. The van der Waals surface area contributed by atoms with Crippen LogP contribution in [0, 0.1) is 0 Å². The number of carbonyl (C=O) groups is 2. The molecule has 0 amide bonds. The number of hydrogen-bond donors (Lipinski definition) is 2. The Labute approximate surface area is 106 Å². The molecule has 0 spiro atoms. The fraction of sp³-hybridized carbons (Fsp3) is 0.429. The average Bonchev–Trinajstić information content (AvgIpc) is 2.29. The minimum atomic E-state index is -0.968. The Morgan fingerprint density at radius 2 is 2.00 bits per heavy atom. The second-order valence-corrected chi connectivity index (χ2v) is 4.32. The summed E-state index contributed by atoms with van der Waals surface area (Å²) in [6.07, 6.45) is 1.89. The van der Waals surface area contributed by atoms with E-state index in [1.165, 1.54) is 0 Å². The van der Waals surface area contributed by atoms with Crippen molar-refractivity contribution in [3.8, 4) is 0 Å². The van der Waals surface area contributed by atoms with Crippen LogP contribution in [0.4, 0.5) is 0 Å². The maximum atomic E-state index is 11.2. The molecule has 0 aliphatic rings. The van der Waals surface area contributed by atoms with Crippen LogP contribution in [0.2, 0.25) is 0 Å². The molecular weight excluding hydrogens is 232 g/mol. The number of rotatable bonds is 7. The van der Waals surface area contributed by atoms with E-state index >= 15 is 0 Å². The number of aliphatic carboxylic acids is 2. The second-order valence-electron chi connectivity index (χ2n) is 4.32. The van der Waals surface area contributed by atoms with E-state index in [9.17, 15) is 9.59 Å². The molecule has 0 radical (unpaired) electrons. The highest BCUT2D eigenvalue weighted by Gasteiger charge is 2.20. The van der Waals surface area contributed by atoms with Gasteiger partial charge >= 0.3 is 11.9 Å². The smallest absolute Gasteiger partial charge is 0.310 e. The molecule has 1 unspecified atom stereocenters. The lowest BCUT2D eigenvalue weighted by molar-refractivity contribution is -0.140. The van der Waals surface area contributed by atoms with Gasteiger partial charge in [0.15, 0.2) is 0 Å². The van der Waals surface area contributed by atoms with Crippen molar-refractivity contribution in [1.29, 1.82) is 0 Å². The van der Waals surface area contributed by atoms with E-state index in [0.717, 1.165) is 18.4 Å². The third kappa shape index (κ3) is 4.20. The van der Waals surface area contributed by atoms with E-state index in [2.05, 4.69) is 6.92 Å². The largest absolute Gasteiger partial charge is 0.481 e. The van der Waals surface area contributed by atoms with Crippen molar-refractivity contribution in [3.63, 3.8) is 0 Å².